The predicted molar refractivity (Wildman–Crippen MR) is 71.7 cm³/mol. The first-order valence-electron chi connectivity index (χ1n) is 5.02. The van der Waals surface area contributed by atoms with E-state index in [1.165, 1.54) is 0 Å². The van der Waals surface area contributed by atoms with Gasteiger partial charge < -0.3 is 4.74 Å². The topological polar surface area (TPSA) is 38.3 Å². The zero-order valence-electron chi connectivity index (χ0n) is 8.93. The third kappa shape index (κ3) is 4.53. The number of carbonyl (C=O) groups excluding carboxylic acids is 1. The van der Waals surface area contributed by atoms with Crippen LogP contribution in [-0.2, 0) is 4.74 Å². The number of ether oxygens (including phenoxy) is 1. The van der Waals surface area contributed by atoms with Gasteiger partial charge in [0.1, 0.15) is 0 Å². The van der Waals surface area contributed by atoms with E-state index >= 15 is 0 Å². The Bertz CT molecular complexity index is 369. The fourth-order valence-corrected chi connectivity index (χ4v) is 2.19. The van der Waals surface area contributed by atoms with Crippen molar-refractivity contribution in [1.82, 2.24) is 0 Å². The van der Waals surface area contributed by atoms with Crippen LogP contribution in [0.4, 0.5) is 10.5 Å². The van der Waals surface area contributed by atoms with Crippen LogP contribution in [0.3, 0.4) is 0 Å². The summed E-state index contributed by atoms with van der Waals surface area (Å²) in [6, 6.07) is 5.52. The van der Waals surface area contributed by atoms with Crippen molar-refractivity contribution in [2.24, 2.45) is 0 Å². The van der Waals surface area contributed by atoms with E-state index in [1.54, 1.807) is 6.07 Å². The van der Waals surface area contributed by atoms with Crippen LogP contribution in [0.15, 0.2) is 27.1 Å². The van der Waals surface area contributed by atoms with Gasteiger partial charge in [-0.2, -0.15) is 0 Å². The summed E-state index contributed by atoms with van der Waals surface area (Å²) < 4.78 is 6.75. The van der Waals surface area contributed by atoms with Crippen LogP contribution >= 0.6 is 31.9 Å². The van der Waals surface area contributed by atoms with Crippen LogP contribution in [0, 0.1) is 0 Å². The van der Waals surface area contributed by atoms with Crippen LogP contribution < -0.4 is 5.32 Å². The van der Waals surface area contributed by atoms with Crippen molar-refractivity contribution < 1.29 is 9.53 Å². The number of unbranched alkanes of at least 4 members (excludes halogenated alkanes) is 1. The highest BCUT2D eigenvalue weighted by Gasteiger charge is 2.06. The molecule has 0 fully saturated rings. The molecule has 1 aromatic rings. The number of rotatable bonds is 4. The number of hydrogen-bond acceptors (Lipinski definition) is 2. The van der Waals surface area contributed by atoms with Crippen LogP contribution in [-0.4, -0.2) is 12.7 Å². The number of benzene rings is 1. The molecule has 0 spiro atoms. The Labute approximate surface area is 112 Å². The molecule has 16 heavy (non-hydrogen) atoms. The highest BCUT2D eigenvalue weighted by molar-refractivity contribution is 9.11. The second kappa shape index (κ2) is 6.91. The van der Waals surface area contributed by atoms with Gasteiger partial charge in [0.25, 0.3) is 0 Å². The standard InChI is InChI=1S/C11H13Br2NO2/c1-2-3-6-16-11(15)14-10-5-4-8(12)7-9(10)13/h4-5,7H,2-3,6H2,1H3,(H,14,15). The molecule has 0 radical (unpaired) electrons. The van der Waals surface area contributed by atoms with E-state index in [1.807, 2.05) is 19.1 Å². The first-order valence-corrected chi connectivity index (χ1v) is 6.61. The number of anilines is 1. The number of halogens is 2. The molecule has 0 atom stereocenters. The Morgan fingerprint density at radius 1 is 1.44 bits per heavy atom. The highest BCUT2D eigenvalue weighted by Crippen LogP contribution is 2.26. The molecule has 0 saturated carbocycles. The van der Waals surface area contributed by atoms with Crippen molar-refractivity contribution in [3.05, 3.63) is 27.1 Å². The van der Waals surface area contributed by atoms with Crippen LogP contribution in [0.1, 0.15) is 19.8 Å². The molecule has 0 bridgehead atoms. The highest BCUT2D eigenvalue weighted by atomic mass is 79.9. The Morgan fingerprint density at radius 2 is 2.19 bits per heavy atom. The molecule has 0 unspecified atom stereocenters. The van der Waals surface area contributed by atoms with Gasteiger partial charge in [-0.15, -0.1) is 0 Å². The minimum atomic E-state index is -0.420. The van der Waals surface area contributed by atoms with Crippen molar-refractivity contribution in [1.29, 1.82) is 0 Å². The molecule has 1 rings (SSSR count). The minimum absolute atomic E-state index is 0.420. The largest absolute Gasteiger partial charge is 0.449 e. The van der Waals surface area contributed by atoms with Crippen molar-refractivity contribution in [2.45, 2.75) is 19.8 Å². The zero-order chi connectivity index (χ0) is 12.0. The molecular weight excluding hydrogens is 338 g/mol. The summed E-state index contributed by atoms with van der Waals surface area (Å²) in [7, 11) is 0. The molecule has 0 saturated heterocycles. The maximum atomic E-state index is 11.4. The molecule has 0 aliphatic heterocycles. The first-order chi connectivity index (χ1) is 7.63. The average Bonchev–Trinajstić information content (AvgIpc) is 2.23. The Morgan fingerprint density at radius 3 is 2.81 bits per heavy atom. The molecule has 88 valence electrons. The molecule has 0 heterocycles. The molecule has 0 aromatic heterocycles. The molecule has 5 heteroatoms. The molecule has 1 N–H and O–H groups in total. The third-order valence-corrected chi connectivity index (χ3v) is 3.05. The zero-order valence-corrected chi connectivity index (χ0v) is 12.1. The maximum Gasteiger partial charge on any atom is 0.411 e. The van der Waals surface area contributed by atoms with E-state index in [4.69, 9.17) is 4.74 Å². The fraction of sp³-hybridized carbons (Fsp3) is 0.364. The van der Waals surface area contributed by atoms with Crippen LogP contribution in [0.25, 0.3) is 0 Å². The van der Waals surface area contributed by atoms with Gasteiger partial charge in [-0.25, -0.2) is 4.79 Å². The van der Waals surface area contributed by atoms with E-state index in [0.29, 0.717) is 12.3 Å². The SMILES string of the molecule is CCCCOC(=O)Nc1ccc(Br)cc1Br. The van der Waals surface area contributed by atoms with Crippen molar-refractivity contribution in [2.75, 3.05) is 11.9 Å². The van der Waals surface area contributed by atoms with E-state index < -0.39 is 6.09 Å². The lowest BCUT2D eigenvalue weighted by molar-refractivity contribution is 0.160. The summed E-state index contributed by atoms with van der Waals surface area (Å²) in [6.45, 7) is 2.50. The Balaban J connectivity index is 2.49. The summed E-state index contributed by atoms with van der Waals surface area (Å²) in [6.07, 6.45) is 1.47. The van der Waals surface area contributed by atoms with Gasteiger partial charge in [-0.05, 0) is 40.5 Å². The van der Waals surface area contributed by atoms with E-state index in [-0.39, 0.29) is 0 Å². The van der Waals surface area contributed by atoms with Gasteiger partial charge in [0.15, 0.2) is 0 Å². The smallest absolute Gasteiger partial charge is 0.411 e. The van der Waals surface area contributed by atoms with Gasteiger partial charge in [-0.3, -0.25) is 5.32 Å². The molecular formula is C11H13Br2NO2. The van der Waals surface area contributed by atoms with Gasteiger partial charge >= 0.3 is 6.09 Å². The summed E-state index contributed by atoms with van der Waals surface area (Å²) in [5.74, 6) is 0. The summed E-state index contributed by atoms with van der Waals surface area (Å²) in [5, 5.41) is 2.67. The summed E-state index contributed by atoms with van der Waals surface area (Å²) in [5.41, 5.74) is 0.699. The monoisotopic (exact) mass is 349 g/mol. The van der Waals surface area contributed by atoms with Gasteiger partial charge in [0, 0.05) is 8.95 Å². The lowest BCUT2D eigenvalue weighted by Gasteiger charge is -2.08. The quantitative estimate of drug-likeness (QED) is 0.808. The molecule has 1 aromatic carbocycles. The van der Waals surface area contributed by atoms with Crippen molar-refractivity contribution in [3.63, 3.8) is 0 Å². The van der Waals surface area contributed by atoms with Gasteiger partial charge in [0.2, 0.25) is 0 Å². The van der Waals surface area contributed by atoms with E-state index in [2.05, 4.69) is 37.2 Å². The maximum absolute atomic E-state index is 11.4. The second-order valence-corrected chi connectivity index (χ2v) is 5.01. The second-order valence-electron chi connectivity index (χ2n) is 3.24. The lowest BCUT2D eigenvalue weighted by Crippen LogP contribution is -2.14. The van der Waals surface area contributed by atoms with E-state index in [0.717, 1.165) is 21.8 Å². The Hall–Kier alpha value is -0.550. The predicted octanol–water partition coefficient (Wildman–Crippen LogP) is 4.56. The van der Waals surface area contributed by atoms with E-state index in [9.17, 15) is 4.79 Å². The first kappa shape index (κ1) is 13.5. The lowest BCUT2D eigenvalue weighted by atomic mass is 10.3. The van der Waals surface area contributed by atoms with Crippen LogP contribution in [0.2, 0.25) is 0 Å². The van der Waals surface area contributed by atoms with Crippen molar-refractivity contribution >= 4 is 43.6 Å². The van der Waals surface area contributed by atoms with Crippen LogP contribution in [0.5, 0.6) is 0 Å². The molecule has 0 aliphatic rings. The summed E-state index contributed by atoms with van der Waals surface area (Å²) >= 11 is 6.70. The number of nitrogens with one attached hydrogen (secondary N) is 1. The molecule has 1 amide bonds. The fourth-order valence-electron chi connectivity index (χ4n) is 1.05. The molecule has 0 aliphatic carbocycles. The van der Waals surface area contributed by atoms with Crippen molar-refractivity contribution in [3.8, 4) is 0 Å². The number of amides is 1. The van der Waals surface area contributed by atoms with Gasteiger partial charge in [-0.1, -0.05) is 29.3 Å². The summed E-state index contributed by atoms with van der Waals surface area (Å²) in [4.78, 5) is 11.4. The Kier molecular flexibility index (Phi) is 5.84. The minimum Gasteiger partial charge on any atom is -0.449 e. The normalized spacial score (nSPS) is 9.94. The number of hydrogen-bond donors (Lipinski definition) is 1. The third-order valence-electron chi connectivity index (χ3n) is 1.90. The molecule has 3 nitrogen and oxygen atoms in total. The number of carbonyl (C=O) groups is 1. The average molecular weight is 351 g/mol. The van der Waals surface area contributed by atoms with Gasteiger partial charge in [0.05, 0.1) is 12.3 Å².